The van der Waals surface area contributed by atoms with E-state index in [0.717, 1.165) is 4.90 Å². The zero-order valence-electron chi connectivity index (χ0n) is 11.1. The van der Waals surface area contributed by atoms with Crippen LogP contribution in [0, 0.1) is 12.3 Å². The zero-order valence-corrected chi connectivity index (χ0v) is 11.9. The summed E-state index contributed by atoms with van der Waals surface area (Å²) in [6.07, 6.45) is 0. The van der Waals surface area contributed by atoms with Gasteiger partial charge in [0.1, 0.15) is 6.54 Å². The fourth-order valence-corrected chi connectivity index (χ4v) is 1.86. The van der Waals surface area contributed by atoms with Crippen molar-refractivity contribution in [2.75, 3.05) is 13.6 Å². The molecular formula is C11H17N3O5S. The second-order valence-electron chi connectivity index (χ2n) is 3.88. The quantitative estimate of drug-likeness (QED) is 0.353. The Balaban J connectivity index is 0.000000370. The highest BCUT2D eigenvalue weighted by atomic mass is 32.2. The predicted molar refractivity (Wildman–Crippen MR) is 73.2 cm³/mol. The average molecular weight is 303 g/mol. The minimum absolute atomic E-state index is 0.0278. The number of hydrogen-bond acceptors (Lipinski definition) is 4. The molecule has 0 saturated heterocycles. The van der Waals surface area contributed by atoms with Gasteiger partial charge < -0.3 is 15.7 Å². The van der Waals surface area contributed by atoms with E-state index in [9.17, 15) is 13.2 Å². The maximum atomic E-state index is 10.6. The third-order valence-corrected chi connectivity index (χ3v) is 3.17. The van der Waals surface area contributed by atoms with Crippen LogP contribution in [0.2, 0.25) is 0 Å². The smallest absolute Gasteiger partial charge is 0.323 e. The van der Waals surface area contributed by atoms with E-state index in [1.54, 1.807) is 25.1 Å². The lowest BCUT2D eigenvalue weighted by Crippen LogP contribution is -2.36. The van der Waals surface area contributed by atoms with Crippen LogP contribution in [-0.2, 0) is 14.9 Å². The summed E-state index contributed by atoms with van der Waals surface area (Å²) in [4.78, 5) is 11.0. The van der Waals surface area contributed by atoms with Crippen molar-refractivity contribution in [3.8, 4) is 0 Å². The molecule has 0 unspecified atom stereocenters. The van der Waals surface area contributed by atoms with Crippen LogP contribution in [0.4, 0.5) is 0 Å². The van der Waals surface area contributed by atoms with E-state index >= 15 is 0 Å². The van der Waals surface area contributed by atoms with Gasteiger partial charge in [0.2, 0.25) is 0 Å². The number of nitrogens with one attached hydrogen (secondary N) is 1. The molecule has 0 saturated carbocycles. The lowest BCUT2D eigenvalue weighted by atomic mass is 10.2. The minimum atomic E-state index is -4.03. The monoisotopic (exact) mass is 303 g/mol. The molecule has 0 amide bonds. The Hall–Kier alpha value is -2.13. The molecule has 0 fully saturated rings. The highest BCUT2D eigenvalue weighted by molar-refractivity contribution is 7.85. The van der Waals surface area contributed by atoms with E-state index < -0.39 is 16.1 Å². The summed E-state index contributed by atoms with van der Waals surface area (Å²) in [5.41, 5.74) is 5.48. The van der Waals surface area contributed by atoms with Crippen molar-refractivity contribution < 1.29 is 22.9 Å². The molecule has 1 rings (SSSR count). The highest BCUT2D eigenvalue weighted by Crippen LogP contribution is 2.12. The fraction of sp³-hybridized carbons (Fsp3) is 0.273. The molecular weight excluding hydrogens is 286 g/mol. The van der Waals surface area contributed by atoms with Crippen molar-refractivity contribution in [1.82, 2.24) is 4.90 Å². The normalized spacial score (nSPS) is 10.2. The van der Waals surface area contributed by atoms with Crippen LogP contribution in [0.15, 0.2) is 29.2 Å². The molecule has 0 atom stereocenters. The van der Waals surface area contributed by atoms with Gasteiger partial charge in [0.05, 0.1) is 4.90 Å². The highest BCUT2D eigenvalue weighted by Gasteiger charge is 2.10. The topological polar surface area (TPSA) is 145 Å². The molecule has 5 N–H and O–H groups in total. The predicted octanol–water partition coefficient (Wildman–Crippen LogP) is 0.138. The van der Waals surface area contributed by atoms with Gasteiger partial charge in [0.15, 0.2) is 5.96 Å². The Morgan fingerprint density at radius 2 is 1.90 bits per heavy atom. The van der Waals surface area contributed by atoms with Crippen LogP contribution >= 0.6 is 0 Å². The van der Waals surface area contributed by atoms with Crippen LogP contribution in [0.25, 0.3) is 0 Å². The number of hydrogen-bond donors (Lipinski definition) is 4. The number of nitrogens with two attached hydrogens (primary N) is 1. The van der Waals surface area contributed by atoms with Gasteiger partial charge in [0.25, 0.3) is 10.1 Å². The van der Waals surface area contributed by atoms with Crippen LogP contribution in [-0.4, -0.2) is 48.5 Å². The zero-order chi connectivity index (χ0) is 15.9. The summed E-state index contributed by atoms with van der Waals surface area (Å²) >= 11 is 0. The average Bonchev–Trinajstić information content (AvgIpc) is 2.27. The Labute approximate surface area is 117 Å². The molecule has 0 bridgehead atoms. The lowest BCUT2D eigenvalue weighted by molar-refractivity contribution is -0.137. The molecule has 9 heteroatoms. The molecule has 0 aliphatic carbocycles. The van der Waals surface area contributed by atoms with Crippen molar-refractivity contribution in [2.45, 2.75) is 11.8 Å². The van der Waals surface area contributed by atoms with E-state index in [-0.39, 0.29) is 17.4 Å². The molecule has 1 aromatic carbocycles. The van der Waals surface area contributed by atoms with Gasteiger partial charge in [-0.05, 0) is 18.6 Å². The minimum Gasteiger partial charge on any atom is -0.480 e. The van der Waals surface area contributed by atoms with E-state index in [2.05, 4.69) is 0 Å². The molecule has 0 aliphatic heterocycles. The van der Waals surface area contributed by atoms with E-state index in [1.807, 2.05) is 0 Å². The Morgan fingerprint density at radius 3 is 2.15 bits per heavy atom. The Morgan fingerprint density at radius 1 is 1.40 bits per heavy atom. The van der Waals surface area contributed by atoms with Gasteiger partial charge in [-0.15, -0.1) is 0 Å². The maximum Gasteiger partial charge on any atom is 0.323 e. The van der Waals surface area contributed by atoms with Crippen LogP contribution in [0.5, 0.6) is 0 Å². The van der Waals surface area contributed by atoms with Gasteiger partial charge >= 0.3 is 5.97 Å². The Bertz CT molecular complexity index is 585. The van der Waals surface area contributed by atoms with Crippen LogP contribution < -0.4 is 5.73 Å². The summed E-state index contributed by atoms with van der Waals surface area (Å²) in [6, 6.07) is 6.27. The van der Waals surface area contributed by atoms with Gasteiger partial charge in [-0.25, -0.2) is 0 Å². The van der Waals surface area contributed by atoms with E-state index in [0.29, 0.717) is 5.56 Å². The lowest BCUT2D eigenvalue weighted by Gasteiger charge is -2.12. The first-order valence-corrected chi connectivity index (χ1v) is 6.79. The molecule has 1 aromatic rings. The van der Waals surface area contributed by atoms with Crippen molar-refractivity contribution >= 4 is 22.0 Å². The van der Waals surface area contributed by atoms with Gasteiger partial charge in [-0.1, -0.05) is 18.2 Å². The number of guanidine groups is 1. The number of aliphatic carboxylic acids is 1. The SMILES string of the molecule is CN(CC(=O)O)C(=N)N.Cc1ccccc1S(=O)(=O)O. The molecule has 8 nitrogen and oxygen atoms in total. The number of carboxylic acids is 1. The maximum absolute atomic E-state index is 10.6. The summed E-state index contributed by atoms with van der Waals surface area (Å²) in [5.74, 6) is -1.23. The molecule has 20 heavy (non-hydrogen) atoms. The standard InChI is InChI=1S/C7H8O3S.C4H9N3O2/c1-6-4-2-3-5-7(6)11(8,9)10;1-7(4(5)6)2-3(8)9/h2-5H,1H3,(H,8,9,10);2H2,1H3,(H3,5,6)(H,8,9). The molecule has 0 aromatic heterocycles. The summed E-state index contributed by atoms with van der Waals surface area (Å²) in [6.45, 7) is 1.40. The first-order valence-electron chi connectivity index (χ1n) is 5.35. The van der Waals surface area contributed by atoms with Crippen molar-refractivity contribution in [3.05, 3.63) is 29.8 Å². The first kappa shape index (κ1) is 17.9. The molecule has 0 heterocycles. The summed E-state index contributed by atoms with van der Waals surface area (Å²) in [5, 5.41) is 14.9. The summed E-state index contributed by atoms with van der Waals surface area (Å²) < 4.78 is 29.9. The summed E-state index contributed by atoms with van der Waals surface area (Å²) in [7, 11) is -2.59. The number of carbonyl (C=O) groups is 1. The van der Waals surface area contributed by atoms with Crippen molar-refractivity contribution in [1.29, 1.82) is 5.41 Å². The fourth-order valence-electron chi connectivity index (χ4n) is 1.13. The van der Waals surface area contributed by atoms with E-state index in [1.165, 1.54) is 13.1 Å². The second kappa shape index (κ2) is 7.46. The number of rotatable bonds is 3. The number of nitrogens with zero attached hydrogens (tertiary/aromatic N) is 1. The number of carboxylic acid groups (broad SMARTS) is 1. The third-order valence-electron chi connectivity index (χ3n) is 2.16. The third kappa shape index (κ3) is 6.71. The first-order chi connectivity index (χ1) is 9.05. The van der Waals surface area contributed by atoms with Crippen LogP contribution in [0.3, 0.4) is 0 Å². The van der Waals surface area contributed by atoms with Crippen LogP contribution in [0.1, 0.15) is 5.56 Å². The van der Waals surface area contributed by atoms with Gasteiger partial charge in [0, 0.05) is 7.05 Å². The second-order valence-corrected chi connectivity index (χ2v) is 5.27. The number of aryl methyl sites for hydroxylation is 1. The molecule has 0 spiro atoms. The largest absolute Gasteiger partial charge is 0.480 e. The van der Waals surface area contributed by atoms with E-state index in [4.69, 9.17) is 20.8 Å². The number of likely N-dealkylation sites (N-methyl/N-ethyl adjacent to an activating group) is 1. The molecule has 0 aliphatic rings. The number of benzene rings is 1. The van der Waals surface area contributed by atoms with Crippen molar-refractivity contribution in [2.24, 2.45) is 5.73 Å². The Kier molecular flexibility index (Phi) is 6.66. The molecule has 0 radical (unpaired) electrons. The van der Waals surface area contributed by atoms with Gasteiger partial charge in [-0.2, -0.15) is 8.42 Å². The van der Waals surface area contributed by atoms with Gasteiger partial charge in [-0.3, -0.25) is 14.8 Å². The molecule has 112 valence electrons. The van der Waals surface area contributed by atoms with Crippen molar-refractivity contribution in [3.63, 3.8) is 0 Å².